The summed E-state index contributed by atoms with van der Waals surface area (Å²) >= 11 is 1.54. The molecule has 0 aliphatic carbocycles. The van der Waals surface area contributed by atoms with E-state index in [1.54, 1.807) is 6.07 Å². The molecule has 0 spiro atoms. The Bertz CT molecular complexity index is 2190. The number of hydrogen-bond donors (Lipinski definition) is 0. The third kappa shape index (κ3) is 8.14. The van der Waals surface area contributed by atoms with Crippen LogP contribution >= 0.6 is 11.3 Å². The van der Waals surface area contributed by atoms with E-state index >= 15 is 0 Å². The summed E-state index contributed by atoms with van der Waals surface area (Å²) in [7, 11) is -1.23. The predicted molar refractivity (Wildman–Crippen MR) is 188 cm³/mol. The maximum atomic E-state index is 13.3. The van der Waals surface area contributed by atoms with Crippen LogP contribution in [0.5, 0.6) is 0 Å². The first kappa shape index (κ1) is 31.6. The van der Waals surface area contributed by atoms with Crippen molar-refractivity contribution in [2.24, 2.45) is 0 Å². The molecular formula is C39H31F3IrN2SSi-2. The van der Waals surface area contributed by atoms with Gasteiger partial charge >= 0.3 is 6.18 Å². The number of aromatic nitrogens is 2. The Labute approximate surface area is 294 Å². The van der Waals surface area contributed by atoms with Gasteiger partial charge in [0.1, 0.15) is 0 Å². The molecule has 3 heterocycles. The number of thiophene rings is 1. The minimum Gasteiger partial charge on any atom is -0.305 e. The fourth-order valence-corrected chi connectivity index (χ4v) is 7.53. The van der Waals surface area contributed by atoms with Crippen molar-refractivity contribution in [3.63, 3.8) is 0 Å². The van der Waals surface area contributed by atoms with Crippen molar-refractivity contribution >= 4 is 44.8 Å². The Morgan fingerprint density at radius 2 is 1.53 bits per heavy atom. The predicted octanol–water partition coefficient (Wildman–Crippen LogP) is 10.8. The minimum absolute atomic E-state index is 0. The maximum absolute atomic E-state index is 13.3. The van der Waals surface area contributed by atoms with E-state index in [0.29, 0.717) is 5.56 Å². The summed E-state index contributed by atoms with van der Waals surface area (Å²) in [5, 5.41) is 3.40. The molecule has 0 aliphatic rings. The number of fused-ring (bicyclic) bond motifs is 3. The first-order chi connectivity index (χ1) is 22.8. The van der Waals surface area contributed by atoms with Gasteiger partial charge in [-0.3, -0.25) is 0 Å². The minimum atomic E-state index is -5.02. The zero-order valence-electron chi connectivity index (χ0n) is 27.8. The number of pyridine rings is 2. The first-order valence-corrected chi connectivity index (χ1v) is 19.0. The normalized spacial score (nSPS) is 12.5. The van der Waals surface area contributed by atoms with Crippen LogP contribution < -0.4 is 5.19 Å². The second-order valence-electron chi connectivity index (χ2n) is 11.8. The molecule has 8 heteroatoms. The van der Waals surface area contributed by atoms with Gasteiger partial charge in [0.15, 0.2) is 0 Å². The fourth-order valence-electron chi connectivity index (χ4n) is 5.16. The monoisotopic (exact) mass is 839 g/mol. The van der Waals surface area contributed by atoms with Crippen LogP contribution in [0.1, 0.15) is 8.30 Å². The first-order valence-electron chi connectivity index (χ1n) is 15.7. The van der Waals surface area contributed by atoms with Gasteiger partial charge in [-0.1, -0.05) is 91.8 Å². The van der Waals surface area contributed by atoms with E-state index in [1.165, 1.54) is 28.8 Å². The van der Waals surface area contributed by atoms with Gasteiger partial charge in [-0.05, 0) is 49.4 Å². The van der Waals surface area contributed by atoms with Crippen LogP contribution in [-0.4, -0.2) is 24.2 Å². The van der Waals surface area contributed by atoms with Crippen LogP contribution in [0.4, 0.5) is 13.2 Å². The van der Waals surface area contributed by atoms with Crippen LogP contribution in [0.2, 0.25) is 19.6 Å². The Morgan fingerprint density at radius 3 is 2.21 bits per heavy atom. The number of alkyl halides is 3. The van der Waals surface area contributed by atoms with Crippen LogP contribution in [0.15, 0.2) is 122 Å². The summed E-state index contributed by atoms with van der Waals surface area (Å²) < 4.78 is 56.8. The van der Waals surface area contributed by atoms with Gasteiger partial charge in [-0.25, -0.2) is 0 Å². The Kier molecular flexibility index (Phi) is 9.73. The fraction of sp³-hybridized carbons (Fsp3) is 0.128. The van der Waals surface area contributed by atoms with Gasteiger partial charge in [0, 0.05) is 39.9 Å². The second kappa shape index (κ2) is 14.4. The van der Waals surface area contributed by atoms with Gasteiger partial charge < -0.3 is 9.97 Å². The largest absolute Gasteiger partial charge is 0.393 e. The molecule has 0 amide bonds. The molecule has 7 rings (SSSR count). The van der Waals surface area contributed by atoms with Crippen LogP contribution in [0.25, 0.3) is 53.8 Å². The molecule has 0 saturated heterocycles. The quantitative estimate of drug-likeness (QED) is 0.127. The third-order valence-corrected chi connectivity index (χ3v) is 10.8. The summed E-state index contributed by atoms with van der Waals surface area (Å²) in [6.45, 7) is 7.00. The van der Waals surface area contributed by atoms with E-state index in [4.69, 9.17) is 2.74 Å². The van der Waals surface area contributed by atoms with Crippen molar-refractivity contribution < 1.29 is 36.0 Å². The van der Waals surface area contributed by atoms with Crippen molar-refractivity contribution in [3.05, 3.63) is 139 Å². The molecule has 239 valence electrons. The SMILES string of the molecule is C[Si](C)(C)c1ccc(-c2[c-]cccc2)nc1.[2H]C([2H])(c1ccnc(-c2[c-]ccc3c2sc2c(-c4ccccc4)cccc23)c1)C(F)(F)F.[Ir]. The Morgan fingerprint density at radius 1 is 0.766 bits per heavy atom. The molecule has 0 bridgehead atoms. The van der Waals surface area contributed by atoms with Crippen LogP contribution in [-0.2, 0) is 26.5 Å². The van der Waals surface area contributed by atoms with E-state index in [9.17, 15) is 13.2 Å². The average Bonchev–Trinajstić information content (AvgIpc) is 3.48. The standard InChI is InChI=1S/C25H15F3NS.C14H16NSi.Ir/c26-25(27,28)15-16-12-13-29-22(14-16)21-11-5-10-20-19-9-4-8-18(23(19)30-24(20)21)17-6-2-1-3-7-17;1-16(2,3)13-9-10-14(15-11-13)12-7-5-4-6-8-12;/h1-10,12-14H,15H2;4-7,9-11H,1-3H3;/q2*-1;/i15D2;;. The molecule has 47 heavy (non-hydrogen) atoms. The molecule has 2 nitrogen and oxygen atoms in total. The zero-order chi connectivity index (χ0) is 34.1. The smallest absolute Gasteiger partial charge is 0.305 e. The third-order valence-electron chi connectivity index (χ3n) is 7.46. The molecule has 0 unspecified atom stereocenters. The zero-order valence-corrected chi connectivity index (χ0v) is 30.0. The molecule has 0 fully saturated rings. The summed E-state index contributed by atoms with van der Waals surface area (Å²) in [4.78, 5) is 8.77. The number of benzene rings is 4. The van der Waals surface area contributed by atoms with Crippen molar-refractivity contribution in [2.45, 2.75) is 32.2 Å². The molecule has 0 N–H and O–H groups in total. The van der Waals surface area contributed by atoms with Crippen molar-refractivity contribution in [2.75, 3.05) is 0 Å². The molecule has 3 aromatic heterocycles. The Hall–Kier alpha value is -3.94. The maximum Gasteiger partial charge on any atom is 0.393 e. The topological polar surface area (TPSA) is 25.8 Å². The van der Waals surface area contributed by atoms with Gasteiger partial charge in [0.2, 0.25) is 0 Å². The molecular weight excluding hydrogens is 806 g/mol. The summed E-state index contributed by atoms with van der Waals surface area (Å²) in [6, 6.07) is 40.5. The molecule has 0 aliphatic heterocycles. The van der Waals surface area contributed by atoms with Crippen molar-refractivity contribution in [1.82, 2.24) is 9.97 Å². The molecule has 7 aromatic rings. The van der Waals surface area contributed by atoms with Crippen molar-refractivity contribution in [3.8, 4) is 33.6 Å². The van der Waals surface area contributed by atoms with E-state index in [0.717, 1.165) is 48.6 Å². The van der Waals surface area contributed by atoms with E-state index in [-0.39, 0.29) is 25.8 Å². The van der Waals surface area contributed by atoms with Crippen LogP contribution in [0, 0.1) is 12.1 Å². The van der Waals surface area contributed by atoms with E-state index < -0.39 is 26.2 Å². The number of hydrogen-bond acceptors (Lipinski definition) is 3. The summed E-state index contributed by atoms with van der Waals surface area (Å²) in [5.41, 5.74) is 4.55. The second-order valence-corrected chi connectivity index (χ2v) is 17.9. The van der Waals surface area contributed by atoms with Gasteiger partial charge in [-0.2, -0.15) is 24.5 Å². The number of halogens is 3. The molecule has 0 saturated carbocycles. The van der Waals surface area contributed by atoms with Gasteiger partial charge in [-0.15, -0.1) is 59.7 Å². The Balaban J connectivity index is 0.000000233. The number of rotatable bonds is 5. The molecule has 1 radical (unpaired) electrons. The van der Waals surface area contributed by atoms with E-state index in [1.807, 2.05) is 85.1 Å². The van der Waals surface area contributed by atoms with Gasteiger partial charge in [0.05, 0.1) is 14.4 Å². The summed E-state index contributed by atoms with van der Waals surface area (Å²) in [5.74, 6) is 0. The van der Waals surface area contributed by atoms with E-state index in [2.05, 4.69) is 53.9 Å². The van der Waals surface area contributed by atoms with Crippen molar-refractivity contribution in [1.29, 1.82) is 0 Å². The van der Waals surface area contributed by atoms with Gasteiger partial charge in [0.25, 0.3) is 0 Å². The average molecular weight is 839 g/mol. The molecule has 0 atom stereocenters. The van der Waals surface area contributed by atoms with Crippen LogP contribution in [0.3, 0.4) is 0 Å². The number of nitrogens with zero attached hydrogens (tertiary/aromatic N) is 2. The summed E-state index contributed by atoms with van der Waals surface area (Å²) in [6.07, 6.45) is -5.27. The molecule has 4 aromatic carbocycles.